The predicted molar refractivity (Wildman–Crippen MR) is 87.9 cm³/mol. The zero-order chi connectivity index (χ0) is 15.7. The van der Waals surface area contributed by atoms with Crippen molar-refractivity contribution < 1.29 is 9.63 Å². The van der Waals surface area contributed by atoms with E-state index in [0.29, 0.717) is 16.5 Å². The summed E-state index contributed by atoms with van der Waals surface area (Å²) in [6, 6.07) is 15.7. The molecule has 0 radical (unpaired) electrons. The number of carbonyl (C=O) groups is 1. The summed E-state index contributed by atoms with van der Waals surface area (Å²) < 4.78 is 1.85. The van der Waals surface area contributed by atoms with Crippen molar-refractivity contribution in [3.63, 3.8) is 0 Å². The van der Waals surface area contributed by atoms with Gasteiger partial charge in [0.2, 0.25) is 0 Å². The topological polar surface area (TPSA) is 31.2 Å². The van der Waals surface area contributed by atoms with Crippen molar-refractivity contribution in [2.75, 3.05) is 0 Å². The summed E-state index contributed by atoms with van der Waals surface area (Å²) in [4.78, 5) is 18.0. The third-order valence-electron chi connectivity index (χ3n) is 4.44. The Hall–Kier alpha value is -1.94. The predicted octanol–water partition coefficient (Wildman–Crippen LogP) is 4.00. The van der Waals surface area contributed by atoms with Gasteiger partial charge in [0, 0.05) is 6.20 Å². The van der Waals surface area contributed by atoms with Gasteiger partial charge in [0.05, 0.1) is 5.41 Å². The van der Waals surface area contributed by atoms with Crippen LogP contribution in [0.15, 0.2) is 54.7 Å². The molecule has 1 heterocycles. The molecule has 0 spiro atoms. The normalized spacial score (nSPS) is 20.5. The van der Waals surface area contributed by atoms with E-state index in [1.165, 1.54) is 10.3 Å². The largest absolute Gasteiger partial charge is 0.338 e. The quantitative estimate of drug-likeness (QED) is 0.799. The number of hydrogen-bond acceptors (Lipinski definition) is 3. The summed E-state index contributed by atoms with van der Waals surface area (Å²) in [5.74, 6) is 0.506. The van der Waals surface area contributed by atoms with Gasteiger partial charge in [0.25, 0.3) is 0 Å². The van der Waals surface area contributed by atoms with Gasteiger partial charge < -0.3 is 4.84 Å². The molecule has 22 heavy (non-hydrogen) atoms. The van der Waals surface area contributed by atoms with Crippen LogP contribution < -0.4 is 4.84 Å². The summed E-state index contributed by atoms with van der Waals surface area (Å²) in [5.41, 5.74) is 0.759. The van der Waals surface area contributed by atoms with Crippen molar-refractivity contribution in [2.24, 2.45) is 11.3 Å². The van der Waals surface area contributed by atoms with Crippen LogP contribution in [0.3, 0.4) is 0 Å². The van der Waals surface area contributed by atoms with Gasteiger partial charge in [-0.1, -0.05) is 48.6 Å². The van der Waals surface area contributed by atoms with E-state index in [1.807, 2.05) is 38.1 Å². The lowest BCUT2D eigenvalue weighted by Crippen LogP contribution is -2.35. The highest BCUT2D eigenvalue weighted by Gasteiger charge is 2.53. The van der Waals surface area contributed by atoms with E-state index >= 15 is 0 Å². The number of pyridine rings is 1. The maximum atomic E-state index is 12.6. The van der Waals surface area contributed by atoms with E-state index in [4.69, 9.17) is 17.1 Å². The Balaban J connectivity index is 1.73. The van der Waals surface area contributed by atoms with Crippen molar-refractivity contribution in [2.45, 2.75) is 26.2 Å². The first-order chi connectivity index (χ1) is 10.5. The molecule has 2 aromatic rings. The Morgan fingerprint density at radius 1 is 1.18 bits per heavy atom. The molecule has 0 amide bonds. The number of hydrogen-bond donors (Lipinski definition) is 0. The third kappa shape index (κ3) is 2.83. The van der Waals surface area contributed by atoms with Gasteiger partial charge >= 0.3 is 5.97 Å². The lowest BCUT2D eigenvalue weighted by atomic mass is 9.85. The zero-order valence-electron chi connectivity index (χ0n) is 12.7. The molecule has 1 fully saturated rings. The lowest BCUT2D eigenvalue weighted by molar-refractivity contribution is -0.156. The fourth-order valence-corrected chi connectivity index (χ4v) is 3.08. The molecule has 0 aliphatic heterocycles. The van der Waals surface area contributed by atoms with Crippen molar-refractivity contribution in [3.8, 4) is 0 Å². The number of nitrogens with zero attached hydrogens (tertiary/aromatic N) is 1. The number of aromatic nitrogens is 1. The molecular weight excluding hydrogens is 294 g/mol. The first-order valence-electron chi connectivity index (χ1n) is 7.45. The SMILES string of the molecule is CC(C)(C(=O)On1ccccc1=S)[C@H]1C[C@@H]1c1ccccc1. The molecule has 1 aliphatic rings. The summed E-state index contributed by atoms with van der Waals surface area (Å²) in [7, 11) is 0. The smallest absolute Gasteiger partial charge is 0.335 e. The standard InChI is InChI=1S/C18H19NO2S/c1-18(2,15-12-14(15)13-8-4-3-5-9-13)17(20)21-19-11-7-6-10-16(19)22/h3-11,14-15H,12H2,1-2H3/t14-,15+/m1/s1. The van der Waals surface area contributed by atoms with E-state index in [2.05, 4.69) is 12.1 Å². The Morgan fingerprint density at radius 3 is 2.55 bits per heavy atom. The van der Waals surface area contributed by atoms with E-state index in [9.17, 15) is 4.79 Å². The average molecular weight is 313 g/mol. The third-order valence-corrected chi connectivity index (χ3v) is 4.76. The van der Waals surface area contributed by atoms with Crippen LogP contribution in [0.4, 0.5) is 0 Å². The monoisotopic (exact) mass is 313 g/mol. The summed E-state index contributed by atoms with van der Waals surface area (Å²) in [6.45, 7) is 3.91. The molecule has 1 aromatic carbocycles. The minimum atomic E-state index is -0.537. The maximum absolute atomic E-state index is 12.6. The van der Waals surface area contributed by atoms with Crippen molar-refractivity contribution >= 4 is 18.2 Å². The van der Waals surface area contributed by atoms with Gasteiger partial charge in [-0.15, -0.1) is 0 Å². The fraction of sp³-hybridized carbons (Fsp3) is 0.333. The van der Waals surface area contributed by atoms with Crippen LogP contribution in [0.2, 0.25) is 0 Å². The second-order valence-electron chi connectivity index (χ2n) is 6.32. The Labute approximate surface area is 135 Å². The van der Waals surface area contributed by atoms with E-state index < -0.39 is 5.41 Å². The van der Waals surface area contributed by atoms with Gasteiger partial charge in [0.15, 0.2) is 0 Å². The number of benzene rings is 1. The number of carbonyl (C=O) groups excluding carboxylic acids is 1. The van der Waals surface area contributed by atoms with Crippen LogP contribution in [0.1, 0.15) is 31.7 Å². The zero-order valence-corrected chi connectivity index (χ0v) is 13.5. The van der Waals surface area contributed by atoms with E-state index in [1.54, 1.807) is 18.3 Å². The van der Waals surface area contributed by atoms with E-state index in [0.717, 1.165) is 6.42 Å². The first-order valence-corrected chi connectivity index (χ1v) is 7.86. The Bertz CT molecular complexity index is 736. The summed E-state index contributed by atoms with van der Waals surface area (Å²) in [5, 5.41) is 0. The molecule has 2 atom stereocenters. The fourth-order valence-electron chi connectivity index (χ4n) is 2.91. The highest BCUT2D eigenvalue weighted by atomic mass is 32.1. The van der Waals surface area contributed by atoms with Gasteiger partial charge in [-0.05, 0) is 49.8 Å². The van der Waals surface area contributed by atoms with Gasteiger partial charge in [-0.2, -0.15) is 4.73 Å². The van der Waals surface area contributed by atoms with Crippen molar-refractivity contribution in [1.82, 2.24) is 4.73 Å². The molecule has 1 aliphatic carbocycles. The second-order valence-corrected chi connectivity index (χ2v) is 6.74. The molecule has 0 bridgehead atoms. The average Bonchev–Trinajstić information content (AvgIpc) is 3.31. The summed E-state index contributed by atoms with van der Waals surface area (Å²) in [6.07, 6.45) is 2.68. The molecule has 0 saturated heterocycles. The highest BCUT2D eigenvalue weighted by Crippen LogP contribution is 2.57. The maximum Gasteiger partial charge on any atom is 0.338 e. The molecule has 3 rings (SSSR count). The molecule has 3 nitrogen and oxygen atoms in total. The minimum absolute atomic E-state index is 0.238. The van der Waals surface area contributed by atoms with Gasteiger partial charge in [-0.3, -0.25) is 0 Å². The lowest BCUT2D eigenvalue weighted by Gasteiger charge is -2.23. The Morgan fingerprint density at radius 2 is 1.86 bits per heavy atom. The Kier molecular flexibility index (Phi) is 3.87. The molecule has 4 heteroatoms. The van der Waals surface area contributed by atoms with Crippen molar-refractivity contribution in [1.29, 1.82) is 0 Å². The molecule has 0 N–H and O–H groups in total. The van der Waals surface area contributed by atoms with Gasteiger partial charge in [0.1, 0.15) is 4.64 Å². The number of rotatable bonds is 4. The molecular formula is C18H19NO2S. The first kappa shape index (κ1) is 15.0. The van der Waals surface area contributed by atoms with Crippen molar-refractivity contribution in [3.05, 3.63) is 64.9 Å². The summed E-state index contributed by atoms with van der Waals surface area (Å²) >= 11 is 5.16. The van der Waals surface area contributed by atoms with Crippen LogP contribution in [0.5, 0.6) is 0 Å². The molecule has 1 saturated carbocycles. The minimum Gasteiger partial charge on any atom is -0.335 e. The molecule has 0 unspecified atom stereocenters. The van der Waals surface area contributed by atoms with Crippen LogP contribution >= 0.6 is 12.2 Å². The van der Waals surface area contributed by atoms with E-state index in [-0.39, 0.29) is 5.97 Å². The van der Waals surface area contributed by atoms with Crippen LogP contribution in [0.25, 0.3) is 0 Å². The van der Waals surface area contributed by atoms with Crippen LogP contribution in [0, 0.1) is 16.0 Å². The molecule has 1 aromatic heterocycles. The molecule has 114 valence electrons. The van der Waals surface area contributed by atoms with Crippen LogP contribution in [-0.4, -0.2) is 10.7 Å². The highest BCUT2D eigenvalue weighted by molar-refractivity contribution is 7.71. The second kappa shape index (κ2) is 5.69. The van der Waals surface area contributed by atoms with Gasteiger partial charge in [-0.25, -0.2) is 4.79 Å². The van der Waals surface area contributed by atoms with Crippen LogP contribution in [-0.2, 0) is 4.79 Å².